The van der Waals surface area contributed by atoms with Crippen LogP contribution in [0, 0.1) is 55.8 Å². The first-order chi connectivity index (χ1) is 56.6. The lowest BCUT2D eigenvalue weighted by atomic mass is 9.94. The minimum absolute atomic E-state index is 0.0372. The molecular weight excluding hydrogens is 1450 g/mol. The molecule has 0 N–H and O–H groups in total. The molecule has 14 heteroatoms. The van der Waals surface area contributed by atoms with Gasteiger partial charge in [0.05, 0.1) is 125 Å². The van der Waals surface area contributed by atoms with Crippen molar-refractivity contribution in [3.05, 3.63) is 382 Å². The predicted octanol–water partition coefficient (Wildman–Crippen LogP) is 24.9. The average molecular weight is 1510 g/mol. The number of fused-ring (bicyclic) bond motifs is 12. The monoisotopic (exact) mass is 1510 g/mol. The van der Waals surface area contributed by atoms with Crippen molar-refractivity contribution in [3.8, 4) is 91.5 Å². The van der Waals surface area contributed by atoms with Crippen LogP contribution >= 0.6 is 0 Å². The summed E-state index contributed by atoms with van der Waals surface area (Å²) in [7, 11) is 0. The maximum Gasteiger partial charge on any atom is 0.416 e. The normalized spacial score (nSPS) is 14.2. The highest BCUT2D eigenvalue weighted by Crippen LogP contribution is 2.47. The summed E-state index contributed by atoms with van der Waals surface area (Å²) >= 11 is 0. The third kappa shape index (κ3) is 11.4. The second-order valence-electron chi connectivity index (χ2n) is 29.3. The van der Waals surface area contributed by atoms with Gasteiger partial charge in [0.15, 0.2) is 0 Å². The maximum atomic E-state index is 15.1. The van der Waals surface area contributed by atoms with Crippen molar-refractivity contribution >= 4 is 98.4 Å². The summed E-state index contributed by atoms with van der Waals surface area (Å²) in [6, 6.07) is 96.1. The maximum absolute atomic E-state index is 15.1. The summed E-state index contributed by atoms with van der Waals surface area (Å²) in [6.07, 6.45) is 8.09. The lowest BCUT2D eigenvalue weighted by Gasteiger charge is -2.20. The Morgan fingerprint density at radius 1 is 0.259 bits per heavy atom. The van der Waals surface area contributed by atoms with Gasteiger partial charge in [0.1, 0.15) is 0 Å². The fraction of sp³-hybridized carbons (Fsp3) is 0.0392. The van der Waals surface area contributed by atoms with Crippen LogP contribution in [0.3, 0.4) is 0 Å². The quantitative estimate of drug-likeness (QED) is 0.141. The molecule has 0 aliphatic heterocycles. The van der Waals surface area contributed by atoms with Crippen molar-refractivity contribution in [3.63, 3.8) is 0 Å². The van der Waals surface area contributed by atoms with Crippen molar-refractivity contribution in [2.75, 3.05) is 0 Å². The molecule has 20 rings (SSSR count). The van der Waals surface area contributed by atoms with Crippen molar-refractivity contribution in [2.45, 2.75) is 25.2 Å². The molecule has 2 aliphatic carbocycles. The van der Waals surface area contributed by atoms with Gasteiger partial charge in [0.2, 0.25) is 0 Å². The number of halogens is 6. The van der Waals surface area contributed by atoms with E-state index < -0.39 is 23.5 Å². The topological polar surface area (TPSA) is 115 Å². The van der Waals surface area contributed by atoms with Gasteiger partial charge in [0, 0.05) is 54.2 Å². The summed E-state index contributed by atoms with van der Waals surface area (Å²) in [6.45, 7) is 0. The number of rotatable bonds is 8. The van der Waals surface area contributed by atoms with E-state index in [4.69, 9.17) is 0 Å². The number of nitriles is 4. The second-order valence-corrected chi connectivity index (χ2v) is 29.3. The molecule has 548 valence electrons. The first-order valence-electron chi connectivity index (χ1n) is 37.8. The number of aromatic nitrogens is 4. The molecule has 0 amide bonds. The van der Waals surface area contributed by atoms with E-state index in [1.807, 2.05) is 158 Å². The van der Waals surface area contributed by atoms with Crippen LogP contribution in [0.15, 0.2) is 328 Å². The number of para-hydroxylation sites is 4. The third-order valence-corrected chi connectivity index (χ3v) is 22.8. The van der Waals surface area contributed by atoms with E-state index in [2.05, 4.69) is 152 Å². The number of alkyl halides is 6. The molecule has 0 bridgehead atoms. The number of hydrogen-bond donors (Lipinski definition) is 0. The largest absolute Gasteiger partial charge is 0.416 e. The van der Waals surface area contributed by atoms with Gasteiger partial charge in [-0.1, -0.05) is 200 Å². The van der Waals surface area contributed by atoms with Gasteiger partial charge in [-0.2, -0.15) is 47.4 Å². The minimum atomic E-state index is -4.83. The summed E-state index contributed by atoms with van der Waals surface area (Å²) in [5, 5.41) is 54.6. The average Bonchev–Trinajstić information content (AvgIpc) is 1.55. The van der Waals surface area contributed by atoms with Gasteiger partial charge in [-0.25, -0.2) is 0 Å². The molecule has 0 saturated heterocycles. The van der Waals surface area contributed by atoms with Crippen molar-refractivity contribution in [1.82, 2.24) is 18.3 Å². The molecule has 8 nitrogen and oxygen atoms in total. The number of nitrogens with zero attached hydrogens (tertiary/aromatic N) is 8. The Hall–Kier alpha value is -15.5. The van der Waals surface area contributed by atoms with Crippen LogP contribution in [-0.4, -0.2) is 18.3 Å². The Labute approximate surface area is 658 Å². The van der Waals surface area contributed by atoms with Gasteiger partial charge in [-0.05, 0) is 206 Å². The number of benzene rings is 14. The SMILES string of the molecule is N#Cc1cc(-c2cc(-n3c4ccccc4c4cc(-c5ccccc5)ccc43)c(-n3c4ccccc4c4cc(=C5C=CC=CC5)c(=c5cc6c7ccccc7n(-c7cc(C#N)c(-c8cc(C#N)cc(C(F)(F)F)c8)cc7-n7c8ccccc8c8ccc(-c9ccccc9)cc87)c6cc5=C5C=CC=CC5)cc43)cc2C#N)cc(C(F)(F)F)c1. The number of allylic oxidation sites excluding steroid dienone is 8. The summed E-state index contributed by atoms with van der Waals surface area (Å²) in [5.41, 5.74) is 12.3. The summed E-state index contributed by atoms with van der Waals surface area (Å²) in [5.74, 6) is 0. The smallest absolute Gasteiger partial charge is 0.307 e. The molecule has 0 saturated carbocycles. The Morgan fingerprint density at radius 3 is 1.05 bits per heavy atom. The fourth-order valence-corrected chi connectivity index (χ4v) is 17.6. The lowest BCUT2D eigenvalue weighted by molar-refractivity contribution is -0.138. The zero-order chi connectivity index (χ0) is 78.8. The fourth-order valence-electron chi connectivity index (χ4n) is 17.6. The first-order valence-corrected chi connectivity index (χ1v) is 37.8. The molecule has 0 fully saturated rings. The van der Waals surface area contributed by atoms with E-state index in [0.29, 0.717) is 35.6 Å². The molecule has 4 aromatic heterocycles. The molecule has 0 unspecified atom stereocenters. The highest BCUT2D eigenvalue weighted by atomic mass is 19.4. The second kappa shape index (κ2) is 27.2. The van der Waals surface area contributed by atoms with Crippen LogP contribution in [0.4, 0.5) is 26.3 Å². The first kappa shape index (κ1) is 69.7. The van der Waals surface area contributed by atoms with Crippen LogP contribution < -0.4 is 10.4 Å². The zero-order valence-electron chi connectivity index (χ0n) is 61.4. The Balaban J connectivity index is 0.933. The van der Waals surface area contributed by atoms with E-state index >= 15 is 26.3 Å². The van der Waals surface area contributed by atoms with Gasteiger partial charge >= 0.3 is 12.4 Å². The van der Waals surface area contributed by atoms with E-state index in [1.54, 1.807) is 24.3 Å². The van der Waals surface area contributed by atoms with Gasteiger partial charge in [0.25, 0.3) is 0 Å². The lowest BCUT2D eigenvalue weighted by Crippen LogP contribution is -2.16. The molecule has 0 spiro atoms. The summed E-state index contributed by atoms with van der Waals surface area (Å²) in [4.78, 5) is 0. The van der Waals surface area contributed by atoms with E-state index in [-0.39, 0.29) is 44.5 Å². The Bertz CT molecular complexity index is 7910. The van der Waals surface area contributed by atoms with Crippen LogP contribution in [0.25, 0.3) is 166 Å². The van der Waals surface area contributed by atoms with Crippen LogP contribution in [-0.2, 0) is 12.4 Å². The predicted molar refractivity (Wildman–Crippen MR) is 450 cm³/mol. The van der Waals surface area contributed by atoms with Crippen molar-refractivity contribution < 1.29 is 26.3 Å². The number of hydrogen-bond acceptors (Lipinski definition) is 4. The van der Waals surface area contributed by atoms with E-state index in [9.17, 15) is 21.0 Å². The van der Waals surface area contributed by atoms with Crippen LogP contribution in [0.5, 0.6) is 0 Å². The molecule has 2 aliphatic rings. The summed E-state index contributed by atoms with van der Waals surface area (Å²) < 4.78 is 99.1. The minimum Gasteiger partial charge on any atom is -0.307 e. The van der Waals surface area contributed by atoms with E-state index in [1.165, 1.54) is 12.1 Å². The van der Waals surface area contributed by atoms with E-state index in [0.717, 1.165) is 166 Å². The molecule has 14 aromatic carbocycles. The van der Waals surface area contributed by atoms with Gasteiger partial charge in [-0.3, -0.25) is 0 Å². The van der Waals surface area contributed by atoms with Crippen molar-refractivity contribution in [2.24, 2.45) is 0 Å². The molecule has 116 heavy (non-hydrogen) atoms. The molecule has 18 aromatic rings. The molecular formula is C102H58F6N8. The highest BCUT2D eigenvalue weighted by molar-refractivity contribution is 6.15. The van der Waals surface area contributed by atoms with Gasteiger partial charge in [-0.15, -0.1) is 0 Å². The van der Waals surface area contributed by atoms with Crippen molar-refractivity contribution in [1.29, 1.82) is 21.0 Å². The zero-order valence-corrected chi connectivity index (χ0v) is 61.4. The van der Waals surface area contributed by atoms with Crippen LogP contribution in [0.1, 0.15) is 46.2 Å². The van der Waals surface area contributed by atoms with Gasteiger partial charge < -0.3 is 18.3 Å². The highest BCUT2D eigenvalue weighted by Gasteiger charge is 2.35. The Kier molecular flexibility index (Phi) is 16.3. The molecule has 4 heterocycles. The Morgan fingerprint density at radius 2 is 0.612 bits per heavy atom. The molecule has 0 radical (unpaired) electrons. The molecule has 0 atom stereocenters. The standard InChI is InChI=1S/C102H58F6N8/c103-101(104,105)73-43-61(57-109)41-69(45-73)80-53-99(113-90-34-18-14-30-76(90)86-47-67(38-40-93(86)113)63-21-5-1-6-22-63)97(49-71(80)59-111)116-91-35-19-15-31-77(91)87-51-82(65-25-9-3-10-26-65)85(56-96(87)116)84-52-88-78-32-16-20-36-92(78)115(95(88)55-83(84)66-27-11-4-12-28-66)98-50-72(60-112)81(70-42-62(58-110)44-74(46-70)102(106,107)108)54-100(98)114-89-33-17-13-29-75(89)79-39-37-68(48-94(79)114)64-23-7-2-8-24-64/h1-25,27,29-56H,26,28H2. The van der Waals surface area contributed by atoms with Crippen LogP contribution in [0.2, 0.25) is 0 Å². The third-order valence-electron chi connectivity index (χ3n) is 22.8.